The van der Waals surface area contributed by atoms with E-state index in [9.17, 15) is 0 Å². The first-order valence-corrected chi connectivity index (χ1v) is 7.40. The van der Waals surface area contributed by atoms with Gasteiger partial charge in [-0.1, -0.05) is 6.07 Å². The third-order valence-corrected chi connectivity index (χ3v) is 4.15. The van der Waals surface area contributed by atoms with Crippen LogP contribution in [0, 0.1) is 6.92 Å². The van der Waals surface area contributed by atoms with Gasteiger partial charge in [0.25, 0.3) is 0 Å². The highest BCUT2D eigenvalue weighted by atomic mass is 15.3. The van der Waals surface area contributed by atoms with Crippen molar-refractivity contribution >= 4 is 5.69 Å². The van der Waals surface area contributed by atoms with Gasteiger partial charge in [-0.2, -0.15) is 0 Å². The van der Waals surface area contributed by atoms with E-state index in [1.54, 1.807) is 0 Å². The highest BCUT2D eigenvalue weighted by Gasteiger charge is 2.19. The Morgan fingerprint density at radius 2 is 1.84 bits per heavy atom. The Labute approximate surface area is 117 Å². The second kappa shape index (κ2) is 6.40. The molecule has 0 aliphatic carbocycles. The molecule has 0 radical (unpaired) electrons. The number of benzene rings is 1. The lowest BCUT2D eigenvalue weighted by Crippen LogP contribution is -2.48. The smallest absolute Gasteiger partial charge is 0.0369 e. The molecule has 1 aliphatic rings. The van der Waals surface area contributed by atoms with Gasteiger partial charge in [-0.3, -0.25) is 4.90 Å². The summed E-state index contributed by atoms with van der Waals surface area (Å²) in [6.45, 7) is 12.1. The average Bonchev–Trinajstić information content (AvgIpc) is 2.41. The summed E-state index contributed by atoms with van der Waals surface area (Å²) in [7, 11) is 0. The fraction of sp³-hybridized carbons (Fsp3) is 0.625. The first-order valence-electron chi connectivity index (χ1n) is 7.40. The van der Waals surface area contributed by atoms with Crippen LogP contribution < -0.4 is 10.6 Å². The van der Waals surface area contributed by atoms with Crippen LogP contribution in [0.2, 0.25) is 0 Å². The molecule has 0 bridgehead atoms. The van der Waals surface area contributed by atoms with E-state index < -0.39 is 0 Å². The van der Waals surface area contributed by atoms with Crippen molar-refractivity contribution in [3.05, 3.63) is 29.3 Å². The van der Waals surface area contributed by atoms with Crippen LogP contribution in [0.5, 0.6) is 0 Å². The summed E-state index contributed by atoms with van der Waals surface area (Å²) in [6.07, 6.45) is 0.979. The first kappa shape index (κ1) is 14.4. The molecule has 0 unspecified atom stereocenters. The number of aryl methyl sites for hydroxylation is 1. The Morgan fingerprint density at radius 3 is 2.37 bits per heavy atom. The van der Waals surface area contributed by atoms with Crippen molar-refractivity contribution in [2.45, 2.75) is 33.2 Å². The standard InChI is InChI=1S/C16H27N3/c1-13(2)18-8-10-19(11-9-18)16-5-4-15(6-7-17)14(3)12-16/h4-5,12-13H,6-11,17H2,1-3H3. The topological polar surface area (TPSA) is 32.5 Å². The van der Waals surface area contributed by atoms with E-state index in [1.165, 1.54) is 29.9 Å². The number of anilines is 1. The summed E-state index contributed by atoms with van der Waals surface area (Å²) < 4.78 is 0. The Bertz CT molecular complexity index is 406. The molecule has 2 N–H and O–H groups in total. The van der Waals surface area contributed by atoms with Crippen LogP contribution in [0.15, 0.2) is 18.2 Å². The fourth-order valence-electron chi connectivity index (χ4n) is 2.81. The molecule has 1 fully saturated rings. The molecule has 1 saturated heterocycles. The van der Waals surface area contributed by atoms with Crippen molar-refractivity contribution < 1.29 is 0 Å². The zero-order chi connectivity index (χ0) is 13.8. The van der Waals surface area contributed by atoms with Gasteiger partial charge in [0.2, 0.25) is 0 Å². The van der Waals surface area contributed by atoms with Gasteiger partial charge in [0, 0.05) is 37.9 Å². The van der Waals surface area contributed by atoms with Gasteiger partial charge in [-0.15, -0.1) is 0 Å². The van der Waals surface area contributed by atoms with Crippen molar-refractivity contribution in [1.82, 2.24) is 4.90 Å². The van der Waals surface area contributed by atoms with Crippen LogP contribution in [0.25, 0.3) is 0 Å². The number of hydrogen-bond donors (Lipinski definition) is 1. The molecule has 0 amide bonds. The first-order chi connectivity index (χ1) is 9.11. The maximum atomic E-state index is 5.64. The third-order valence-electron chi connectivity index (χ3n) is 4.15. The number of hydrogen-bond acceptors (Lipinski definition) is 3. The maximum Gasteiger partial charge on any atom is 0.0369 e. The molecule has 0 aromatic heterocycles. The number of piperazine rings is 1. The molecule has 19 heavy (non-hydrogen) atoms. The zero-order valence-electron chi connectivity index (χ0n) is 12.5. The molecule has 1 heterocycles. The molecule has 1 aromatic rings. The number of nitrogens with two attached hydrogens (primary N) is 1. The molecule has 1 aromatic carbocycles. The Morgan fingerprint density at radius 1 is 1.16 bits per heavy atom. The van der Waals surface area contributed by atoms with Gasteiger partial charge in [-0.05, 0) is 57.0 Å². The number of nitrogens with zero attached hydrogens (tertiary/aromatic N) is 2. The number of rotatable bonds is 4. The SMILES string of the molecule is Cc1cc(N2CCN(C(C)C)CC2)ccc1CCN. The summed E-state index contributed by atoms with van der Waals surface area (Å²) in [4.78, 5) is 5.05. The van der Waals surface area contributed by atoms with Gasteiger partial charge >= 0.3 is 0 Å². The van der Waals surface area contributed by atoms with E-state index >= 15 is 0 Å². The summed E-state index contributed by atoms with van der Waals surface area (Å²) in [5.74, 6) is 0. The normalized spacial score (nSPS) is 17.2. The summed E-state index contributed by atoms with van der Waals surface area (Å²) >= 11 is 0. The van der Waals surface area contributed by atoms with Crippen LogP contribution in [-0.4, -0.2) is 43.7 Å². The average molecular weight is 261 g/mol. The molecule has 0 saturated carbocycles. The van der Waals surface area contributed by atoms with Crippen LogP contribution in [0.1, 0.15) is 25.0 Å². The lowest BCUT2D eigenvalue weighted by Gasteiger charge is -2.38. The Kier molecular flexibility index (Phi) is 4.83. The highest BCUT2D eigenvalue weighted by molar-refractivity contribution is 5.51. The molecule has 0 spiro atoms. The lowest BCUT2D eigenvalue weighted by molar-refractivity contribution is 0.209. The second-order valence-corrected chi connectivity index (χ2v) is 5.77. The van der Waals surface area contributed by atoms with Crippen molar-refractivity contribution in [1.29, 1.82) is 0 Å². The van der Waals surface area contributed by atoms with E-state index in [-0.39, 0.29) is 0 Å². The van der Waals surface area contributed by atoms with E-state index in [0.29, 0.717) is 6.04 Å². The van der Waals surface area contributed by atoms with Crippen molar-refractivity contribution in [3.63, 3.8) is 0 Å². The molecule has 2 rings (SSSR count). The van der Waals surface area contributed by atoms with E-state index in [1.807, 2.05) is 0 Å². The monoisotopic (exact) mass is 261 g/mol. The molecule has 1 aliphatic heterocycles. The Balaban J connectivity index is 2.01. The van der Waals surface area contributed by atoms with Crippen LogP contribution >= 0.6 is 0 Å². The lowest BCUT2D eigenvalue weighted by atomic mass is 10.0. The fourth-order valence-corrected chi connectivity index (χ4v) is 2.81. The second-order valence-electron chi connectivity index (χ2n) is 5.77. The van der Waals surface area contributed by atoms with Crippen LogP contribution in [0.3, 0.4) is 0 Å². The van der Waals surface area contributed by atoms with E-state index in [2.05, 4.69) is 48.8 Å². The molecular formula is C16H27N3. The van der Waals surface area contributed by atoms with Crippen LogP contribution in [-0.2, 0) is 6.42 Å². The quantitative estimate of drug-likeness (QED) is 0.900. The maximum absolute atomic E-state index is 5.64. The van der Waals surface area contributed by atoms with E-state index in [0.717, 1.165) is 26.1 Å². The summed E-state index contributed by atoms with van der Waals surface area (Å²) in [5.41, 5.74) is 9.75. The molecular weight excluding hydrogens is 234 g/mol. The van der Waals surface area contributed by atoms with Gasteiger partial charge in [0.1, 0.15) is 0 Å². The Hall–Kier alpha value is -1.06. The minimum Gasteiger partial charge on any atom is -0.369 e. The van der Waals surface area contributed by atoms with Gasteiger partial charge < -0.3 is 10.6 Å². The largest absolute Gasteiger partial charge is 0.369 e. The highest BCUT2D eigenvalue weighted by Crippen LogP contribution is 2.21. The molecule has 106 valence electrons. The van der Waals surface area contributed by atoms with Crippen molar-refractivity contribution in [2.75, 3.05) is 37.6 Å². The minimum atomic E-state index is 0.663. The van der Waals surface area contributed by atoms with E-state index in [4.69, 9.17) is 5.73 Å². The minimum absolute atomic E-state index is 0.663. The van der Waals surface area contributed by atoms with Gasteiger partial charge in [0.05, 0.1) is 0 Å². The van der Waals surface area contributed by atoms with Crippen LogP contribution in [0.4, 0.5) is 5.69 Å². The summed E-state index contributed by atoms with van der Waals surface area (Å²) in [5, 5.41) is 0. The molecule has 3 nitrogen and oxygen atoms in total. The zero-order valence-corrected chi connectivity index (χ0v) is 12.5. The third kappa shape index (κ3) is 3.48. The predicted molar refractivity (Wildman–Crippen MR) is 82.9 cm³/mol. The molecule has 0 atom stereocenters. The molecule has 3 heteroatoms. The van der Waals surface area contributed by atoms with Crippen molar-refractivity contribution in [2.24, 2.45) is 5.73 Å². The van der Waals surface area contributed by atoms with Gasteiger partial charge in [0.15, 0.2) is 0 Å². The van der Waals surface area contributed by atoms with Gasteiger partial charge in [-0.25, -0.2) is 0 Å². The summed E-state index contributed by atoms with van der Waals surface area (Å²) in [6, 6.07) is 7.47. The van der Waals surface area contributed by atoms with Crippen molar-refractivity contribution in [3.8, 4) is 0 Å². The predicted octanol–water partition coefficient (Wildman–Crippen LogP) is 2.03.